The van der Waals surface area contributed by atoms with Crippen molar-refractivity contribution in [3.63, 3.8) is 0 Å². The van der Waals surface area contributed by atoms with Gasteiger partial charge in [0, 0.05) is 5.56 Å². The van der Waals surface area contributed by atoms with Gasteiger partial charge in [0.15, 0.2) is 0 Å². The molecule has 21 heavy (non-hydrogen) atoms. The third-order valence-electron chi connectivity index (χ3n) is 3.18. The summed E-state index contributed by atoms with van der Waals surface area (Å²) in [7, 11) is 0. The molecule has 0 fully saturated rings. The van der Waals surface area contributed by atoms with E-state index < -0.39 is 0 Å². The first kappa shape index (κ1) is 13.6. The van der Waals surface area contributed by atoms with Gasteiger partial charge in [-0.25, -0.2) is 0 Å². The number of nitrogens with zero attached hydrogens (tertiary/aromatic N) is 1. The number of hydrazone groups is 1. The molecule has 0 spiro atoms. The fourth-order valence-corrected chi connectivity index (χ4v) is 2.60. The van der Waals surface area contributed by atoms with Crippen LogP contribution < -0.4 is 5.43 Å². The normalized spacial score (nSPS) is 11.1. The van der Waals surface area contributed by atoms with Crippen molar-refractivity contribution in [2.24, 2.45) is 5.10 Å². The number of halogens is 1. The first-order chi connectivity index (χ1) is 10.3. The number of phenols is 1. The molecule has 0 amide bonds. The molecule has 3 rings (SSSR count). The second-order valence-electron chi connectivity index (χ2n) is 4.58. The van der Waals surface area contributed by atoms with E-state index in [1.807, 2.05) is 60.7 Å². The van der Waals surface area contributed by atoms with E-state index >= 15 is 0 Å². The Kier molecular flexibility index (Phi) is 3.88. The standard InChI is InChI=1S/C17H13BrN2O/c18-16-10-12-6-4-5-9-14(12)15(17(16)21)11-19-20-13-7-2-1-3-8-13/h1-11,20-21H/b19-11-. The second kappa shape index (κ2) is 5.97. The minimum absolute atomic E-state index is 0.187. The SMILES string of the molecule is Oc1c(Br)cc2ccccc2c1/C=N\Nc1ccccc1. The molecule has 0 aromatic heterocycles. The number of hydrogen-bond acceptors (Lipinski definition) is 3. The van der Waals surface area contributed by atoms with Crippen molar-refractivity contribution >= 4 is 38.6 Å². The predicted molar refractivity (Wildman–Crippen MR) is 91.0 cm³/mol. The molecule has 3 aromatic rings. The first-order valence-electron chi connectivity index (χ1n) is 6.50. The number of fused-ring (bicyclic) bond motifs is 1. The Labute approximate surface area is 131 Å². The summed E-state index contributed by atoms with van der Waals surface area (Å²) >= 11 is 3.37. The third kappa shape index (κ3) is 2.90. The lowest BCUT2D eigenvalue weighted by Gasteiger charge is -2.07. The Morgan fingerprint density at radius 1 is 1.00 bits per heavy atom. The summed E-state index contributed by atoms with van der Waals surface area (Å²) in [6.07, 6.45) is 1.63. The maximum Gasteiger partial charge on any atom is 0.139 e. The molecule has 0 aliphatic heterocycles. The van der Waals surface area contributed by atoms with Crippen molar-refractivity contribution in [1.82, 2.24) is 0 Å². The average molecular weight is 341 g/mol. The van der Waals surface area contributed by atoms with Crippen LogP contribution in [0.4, 0.5) is 5.69 Å². The second-order valence-corrected chi connectivity index (χ2v) is 5.43. The molecule has 0 saturated heterocycles. The molecular weight excluding hydrogens is 328 g/mol. The van der Waals surface area contributed by atoms with Gasteiger partial charge in [0.05, 0.1) is 16.4 Å². The van der Waals surface area contributed by atoms with E-state index in [0.29, 0.717) is 10.0 Å². The van der Waals surface area contributed by atoms with Crippen LogP contribution in [0.3, 0.4) is 0 Å². The Balaban J connectivity index is 1.98. The molecule has 3 aromatic carbocycles. The van der Waals surface area contributed by atoms with Crippen molar-refractivity contribution in [3.05, 3.63) is 70.7 Å². The smallest absolute Gasteiger partial charge is 0.139 e. The number of para-hydroxylation sites is 1. The lowest BCUT2D eigenvalue weighted by atomic mass is 10.0. The van der Waals surface area contributed by atoms with E-state index in [4.69, 9.17) is 0 Å². The number of phenolic OH excluding ortho intramolecular Hbond substituents is 1. The minimum Gasteiger partial charge on any atom is -0.506 e. The van der Waals surface area contributed by atoms with Gasteiger partial charge >= 0.3 is 0 Å². The summed E-state index contributed by atoms with van der Waals surface area (Å²) in [6.45, 7) is 0. The molecular formula is C17H13BrN2O. The van der Waals surface area contributed by atoms with Crippen molar-refractivity contribution in [1.29, 1.82) is 0 Å². The number of nitrogens with one attached hydrogen (secondary N) is 1. The molecule has 4 heteroatoms. The fraction of sp³-hybridized carbons (Fsp3) is 0. The summed E-state index contributed by atoms with van der Waals surface area (Å²) < 4.78 is 0.655. The largest absolute Gasteiger partial charge is 0.506 e. The number of hydrogen-bond donors (Lipinski definition) is 2. The van der Waals surface area contributed by atoms with Crippen LogP contribution in [-0.2, 0) is 0 Å². The number of benzene rings is 3. The van der Waals surface area contributed by atoms with E-state index in [2.05, 4.69) is 26.5 Å². The van der Waals surface area contributed by atoms with Crippen LogP contribution in [0.1, 0.15) is 5.56 Å². The third-order valence-corrected chi connectivity index (χ3v) is 3.78. The van der Waals surface area contributed by atoms with Gasteiger partial charge in [-0.1, -0.05) is 42.5 Å². The molecule has 0 aliphatic carbocycles. The minimum atomic E-state index is 0.187. The van der Waals surface area contributed by atoms with E-state index in [1.54, 1.807) is 6.21 Å². The first-order valence-corrected chi connectivity index (χ1v) is 7.29. The lowest BCUT2D eigenvalue weighted by molar-refractivity contribution is 0.472. The Bertz CT molecular complexity index is 800. The van der Waals surface area contributed by atoms with E-state index in [0.717, 1.165) is 16.5 Å². The molecule has 0 atom stereocenters. The maximum atomic E-state index is 10.2. The Hall–Kier alpha value is -2.33. The van der Waals surface area contributed by atoms with E-state index in [-0.39, 0.29) is 5.75 Å². The molecule has 104 valence electrons. The van der Waals surface area contributed by atoms with Crippen molar-refractivity contribution in [2.75, 3.05) is 5.43 Å². The summed E-state index contributed by atoms with van der Waals surface area (Å²) in [5, 5.41) is 16.4. The molecule has 3 nitrogen and oxygen atoms in total. The van der Waals surface area contributed by atoms with Crippen molar-refractivity contribution in [3.8, 4) is 5.75 Å². The Morgan fingerprint density at radius 2 is 1.71 bits per heavy atom. The highest BCUT2D eigenvalue weighted by Crippen LogP contribution is 2.33. The molecule has 0 aliphatic rings. The number of anilines is 1. The van der Waals surface area contributed by atoms with E-state index in [9.17, 15) is 5.11 Å². The zero-order valence-electron chi connectivity index (χ0n) is 11.1. The fourth-order valence-electron chi connectivity index (χ4n) is 2.14. The number of aromatic hydroxyl groups is 1. The summed E-state index contributed by atoms with van der Waals surface area (Å²) in [4.78, 5) is 0. The zero-order chi connectivity index (χ0) is 14.7. The van der Waals surface area contributed by atoms with Crippen LogP contribution >= 0.6 is 15.9 Å². The van der Waals surface area contributed by atoms with Gasteiger partial charge in [0.2, 0.25) is 0 Å². The van der Waals surface area contributed by atoms with Crippen molar-refractivity contribution < 1.29 is 5.11 Å². The number of rotatable bonds is 3. The highest BCUT2D eigenvalue weighted by molar-refractivity contribution is 9.10. The van der Waals surface area contributed by atoms with Crippen LogP contribution in [0.25, 0.3) is 10.8 Å². The molecule has 2 N–H and O–H groups in total. The van der Waals surface area contributed by atoms with Gasteiger partial charge in [-0.05, 0) is 44.9 Å². The highest BCUT2D eigenvalue weighted by Gasteiger charge is 2.09. The topological polar surface area (TPSA) is 44.6 Å². The summed E-state index contributed by atoms with van der Waals surface area (Å²) in [6, 6.07) is 19.4. The van der Waals surface area contributed by atoms with Crippen LogP contribution in [0.5, 0.6) is 5.75 Å². The highest BCUT2D eigenvalue weighted by atomic mass is 79.9. The van der Waals surface area contributed by atoms with Crippen LogP contribution in [-0.4, -0.2) is 11.3 Å². The average Bonchev–Trinajstić information content (AvgIpc) is 2.52. The summed E-state index contributed by atoms with van der Waals surface area (Å²) in [5.74, 6) is 0.187. The monoisotopic (exact) mass is 340 g/mol. The van der Waals surface area contributed by atoms with Crippen LogP contribution in [0, 0.1) is 0 Å². The van der Waals surface area contributed by atoms with Crippen molar-refractivity contribution in [2.45, 2.75) is 0 Å². The van der Waals surface area contributed by atoms with Gasteiger partial charge < -0.3 is 5.11 Å². The quantitative estimate of drug-likeness (QED) is 0.533. The zero-order valence-corrected chi connectivity index (χ0v) is 12.7. The summed E-state index contributed by atoms with van der Waals surface area (Å²) in [5.41, 5.74) is 4.53. The molecule has 0 radical (unpaired) electrons. The lowest BCUT2D eigenvalue weighted by Crippen LogP contribution is -1.92. The molecule has 0 unspecified atom stereocenters. The van der Waals surface area contributed by atoms with Crippen LogP contribution in [0.2, 0.25) is 0 Å². The van der Waals surface area contributed by atoms with E-state index in [1.165, 1.54) is 0 Å². The van der Waals surface area contributed by atoms with Gasteiger partial charge in [0.25, 0.3) is 0 Å². The van der Waals surface area contributed by atoms with Crippen LogP contribution in [0.15, 0.2) is 70.2 Å². The van der Waals surface area contributed by atoms with Gasteiger partial charge in [-0.15, -0.1) is 0 Å². The predicted octanol–water partition coefficient (Wildman–Crippen LogP) is 4.75. The molecule has 0 saturated carbocycles. The van der Waals surface area contributed by atoms with Gasteiger partial charge in [0.1, 0.15) is 5.75 Å². The maximum absolute atomic E-state index is 10.2. The van der Waals surface area contributed by atoms with Gasteiger partial charge in [-0.2, -0.15) is 5.10 Å². The molecule has 0 bridgehead atoms. The van der Waals surface area contributed by atoms with Gasteiger partial charge in [-0.3, -0.25) is 5.43 Å². The Morgan fingerprint density at radius 3 is 2.52 bits per heavy atom. The molecule has 0 heterocycles.